The number of alkyl halides is 3. The molecule has 0 fully saturated rings. The second-order valence-corrected chi connectivity index (χ2v) is 9.04. The zero-order valence-corrected chi connectivity index (χ0v) is 18.8. The van der Waals surface area contributed by atoms with Crippen LogP contribution in [0.5, 0.6) is 0 Å². The van der Waals surface area contributed by atoms with Crippen molar-refractivity contribution < 1.29 is 32.1 Å². The average molecular weight is 482 g/mol. The molecule has 2 rings (SSSR count). The van der Waals surface area contributed by atoms with E-state index in [1.165, 1.54) is 22.0 Å². The van der Waals surface area contributed by atoms with E-state index in [1.54, 1.807) is 32.2 Å². The molecule has 12 heteroatoms. The van der Waals surface area contributed by atoms with Crippen LogP contribution in [0.4, 0.5) is 18.9 Å². The number of carbonyl (C=O) groups excluding carboxylic acids is 1. The Morgan fingerprint density at radius 2 is 2.13 bits per heavy atom. The lowest BCUT2D eigenvalue weighted by Crippen LogP contribution is -2.37. The van der Waals surface area contributed by atoms with Gasteiger partial charge in [-0.15, -0.1) is 0 Å². The molecule has 31 heavy (non-hydrogen) atoms. The first-order valence-corrected chi connectivity index (χ1v) is 11.6. The van der Waals surface area contributed by atoms with Gasteiger partial charge in [0.1, 0.15) is 11.4 Å². The van der Waals surface area contributed by atoms with E-state index >= 15 is 0 Å². The quantitative estimate of drug-likeness (QED) is 0.320. The van der Waals surface area contributed by atoms with Crippen LogP contribution in [0.15, 0.2) is 30.7 Å². The number of rotatable bonds is 10. The Morgan fingerprint density at radius 1 is 1.42 bits per heavy atom. The summed E-state index contributed by atoms with van der Waals surface area (Å²) >= 11 is 6.24. The molecule has 0 radical (unpaired) electrons. The van der Waals surface area contributed by atoms with E-state index in [9.17, 15) is 27.4 Å². The average Bonchev–Trinajstić information content (AvgIpc) is 3.06. The van der Waals surface area contributed by atoms with Gasteiger partial charge in [0, 0.05) is 52.0 Å². The largest absolute Gasteiger partial charge is 0.389 e. The highest BCUT2D eigenvalue weighted by Gasteiger charge is 2.27. The van der Waals surface area contributed by atoms with Crippen LogP contribution in [0.3, 0.4) is 0 Å². The molecule has 2 unspecified atom stereocenters. The maximum atomic E-state index is 12.9. The molecule has 1 N–H and O–H groups in total. The Balaban J connectivity index is 2.02. The number of carbonyl (C=O) groups is 1. The van der Waals surface area contributed by atoms with Crippen molar-refractivity contribution in [2.75, 3.05) is 23.0 Å². The highest BCUT2D eigenvalue weighted by atomic mass is 35.5. The van der Waals surface area contributed by atoms with Crippen molar-refractivity contribution >= 4 is 34.0 Å². The van der Waals surface area contributed by atoms with Crippen LogP contribution in [0.1, 0.15) is 33.1 Å². The third-order valence-corrected chi connectivity index (χ3v) is 6.38. The van der Waals surface area contributed by atoms with Crippen molar-refractivity contribution in [1.82, 2.24) is 9.78 Å². The van der Waals surface area contributed by atoms with Crippen molar-refractivity contribution in [2.45, 2.75) is 39.3 Å². The molecule has 0 saturated heterocycles. The van der Waals surface area contributed by atoms with Gasteiger partial charge in [0.2, 0.25) is 18.3 Å². The Hall–Kier alpha value is -2.14. The number of nitrogens with zero attached hydrogens (tertiary/aromatic N) is 4. The topological polar surface area (TPSA) is 79.3 Å². The number of hydrogen-bond acceptors (Lipinski definition) is 4. The van der Waals surface area contributed by atoms with Crippen LogP contribution in [0.2, 0.25) is 5.15 Å². The van der Waals surface area contributed by atoms with Gasteiger partial charge in [-0.3, -0.25) is 14.2 Å². The van der Waals surface area contributed by atoms with E-state index in [-0.39, 0.29) is 35.4 Å². The van der Waals surface area contributed by atoms with Gasteiger partial charge in [-0.25, -0.2) is 4.68 Å². The summed E-state index contributed by atoms with van der Waals surface area (Å²) < 4.78 is 51.1. The van der Waals surface area contributed by atoms with Crippen molar-refractivity contribution in [3.63, 3.8) is 0 Å². The van der Waals surface area contributed by atoms with Gasteiger partial charge >= 0.3 is 6.18 Å². The number of halogens is 4. The summed E-state index contributed by atoms with van der Waals surface area (Å²) in [6.45, 7) is 3.68. The molecule has 0 aliphatic carbocycles. The smallest absolute Gasteiger partial charge is 0.308 e. The van der Waals surface area contributed by atoms with E-state index in [1.807, 2.05) is 0 Å². The zero-order valence-electron chi connectivity index (χ0n) is 17.2. The van der Waals surface area contributed by atoms with E-state index in [2.05, 4.69) is 5.10 Å². The molecule has 0 aliphatic heterocycles. The molecular weight excluding hydrogens is 457 g/mol. The second kappa shape index (κ2) is 10.9. The molecule has 0 spiro atoms. The second-order valence-electron chi connectivity index (χ2n) is 7.06. The van der Waals surface area contributed by atoms with E-state index in [0.717, 1.165) is 4.73 Å². The summed E-state index contributed by atoms with van der Waals surface area (Å²) in [5.41, 5.74) is 0.889. The molecule has 2 aromatic rings. The number of hydrogen-bond donors (Lipinski definition) is 1. The normalized spacial score (nSPS) is 13.7. The SMILES string of the molecule is CCN(C(=O)C(C)CS(=O)CCCCC(F)(F)F)c1cn(-c2ccc[n+](O)c2)nc1Cl. The lowest BCUT2D eigenvalue weighted by molar-refractivity contribution is -0.904. The Bertz CT molecular complexity index is 923. The third kappa shape index (κ3) is 7.49. The molecule has 172 valence electrons. The van der Waals surface area contributed by atoms with Crippen LogP contribution < -0.4 is 9.63 Å². The predicted molar refractivity (Wildman–Crippen MR) is 111 cm³/mol. The fraction of sp³-hybridized carbons (Fsp3) is 0.526. The molecule has 2 aromatic heterocycles. The standard InChI is InChI=1S/C19H25ClF3N4O3S/c1-3-26(16-12-27(24-17(16)20)15-7-6-9-25(29)11-15)18(28)14(2)13-31(30)10-5-4-8-19(21,22)23/h6-7,9,11-12,14,29H,3-5,8,10,13H2,1-2H3/q+1. The fourth-order valence-corrected chi connectivity index (χ4v) is 4.60. The maximum Gasteiger partial charge on any atom is 0.389 e. The monoisotopic (exact) mass is 481 g/mol. The van der Waals surface area contributed by atoms with Gasteiger partial charge < -0.3 is 4.90 Å². The highest BCUT2D eigenvalue weighted by Crippen LogP contribution is 2.27. The summed E-state index contributed by atoms with van der Waals surface area (Å²) in [4.78, 5) is 14.4. The van der Waals surface area contributed by atoms with Crippen molar-refractivity contribution in [3.05, 3.63) is 35.9 Å². The first kappa shape index (κ1) is 25.1. The molecule has 1 amide bonds. The Labute approximate surface area is 185 Å². The summed E-state index contributed by atoms with van der Waals surface area (Å²) in [5, 5.41) is 13.8. The minimum Gasteiger partial charge on any atom is -0.308 e. The number of unbranched alkanes of at least 4 members (excludes halogenated alkanes) is 1. The predicted octanol–water partition coefficient (Wildman–Crippen LogP) is 3.52. The van der Waals surface area contributed by atoms with Gasteiger partial charge in [0.05, 0.1) is 6.20 Å². The third-order valence-electron chi connectivity index (χ3n) is 4.50. The summed E-state index contributed by atoms with van der Waals surface area (Å²) in [5.74, 6) is -0.749. The van der Waals surface area contributed by atoms with Crippen LogP contribution in [0, 0.1) is 5.92 Å². The number of aromatic nitrogens is 3. The van der Waals surface area contributed by atoms with E-state index in [0.29, 0.717) is 17.9 Å². The number of amides is 1. The van der Waals surface area contributed by atoms with Crippen LogP contribution in [-0.4, -0.2) is 49.3 Å². The molecule has 0 aliphatic rings. The highest BCUT2D eigenvalue weighted by molar-refractivity contribution is 7.85. The first-order chi connectivity index (χ1) is 14.5. The Morgan fingerprint density at radius 3 is 2.74 bits per heavy atom. The number of pyridine rings is 1. The van der Waals surface area contributed by atoms with Gasteiger partial charge in [-0.2, -0.15) is 18.3 Å². The van der Waals surface area contributed by atoms with Crippen molar-refractivity contribution in [1.29, 1.82) is 0 Å². The maximum absolute atomic E-state index is 12.9. The Kier molecular flexibility index (Phi) is 8.87. The summed E-state index contributed by atoms with van der Waals surface area (Å²) in [6.07, 6.45) is -0.612. The molecule has 0 saturated carbocycles. The molecule has 2 heterocycles. The van der Waals surface area contributed by atoms with Crippen LogP contribution >= 0.6 is 11.6 Å². The van der Waals surface area contributed by atoms with Crippen LogP contribution in [0.25, 0.3) is 5.69 Å². The van der Waals surface area contributed by atoms with Gasteiger partial charge in [0.25, 0.3) is 0 Å². The van der Waals surface area contributed by atoms with E-state index < -0.39 is 29.3 Å². The first-order valence-electron chi connectivity index (χ1n) is 9.71. The minimum atomic E-state index is -4.22. The van der Waals surface area contributed by atoms with Gasteiger partial charge in [0.15, 0.2) is 5.15 Å². The molecular formula is C19H25ClF3N4O3S+. The molecule has 0 aromatic carbocycles. The molecule has 7 nitrogen and oxygen atoms in total. The zero-order chi connectivity index (χ0) is 23.2. The lowest BCUT2D eigenvalue weighted by Gasteiger charge is -2.23. The van der Waals surface area contributed by atoms with E-state index in [4.69, 9.17) is 11.6 Å². The van der Waals surface area contributed by atoms with Crippen LogP contribution in [-0.2, 0) is 15.6 Å². The summed E-state index contributed by atoms with van der Waals surface area (Å²) in [6, 6.07) is 3.31. The van der Waals surface area contributed by atoms with Gasteiger partial charge in [-0.05, 0) is 25.8 Å². The summed E-state index contributed by atoms with van der Waals surface area (Å²) in [7, 11) is -1.41. The van der Waals surface area contributed by atoms with Crippen molar-refractivity contribution in [2.24, 2.45) is 5.92 Å². The van der Waals surface area contributed by atoms with Crippen molar-refractivity contribution in [3.8, 4) is 5.69 Å². The lowest BCUT2D eigenvalue weighted by atomic mass is 10.2. The van der Waals surface area contributed by atoms with Gasteiger partial charge in [-0.1, -0.05) is 18.5 Å². The fourth-order valence-electron chi connectivity index (χ4n) is 2.98. The number of anilines is 1. The molecule has 0 bridgehead atoms. The molecule has 2 atom stereocenters. The minimum absolute atomic E-state index is 0.0519.